The van der Waals surface area contributed by atoms with Crippen LogP contribution in [0.1, 0.15) is 18.4 Å². The zero-order valence-electron chi connectivity index (χ0n) is 10.0. The van der Waals surface area contributed by atoms with Crippen molar-refractivity contribution in [3.8, 4) is 0 Å². The molecule has 1 amide bonds. The SMILES string of the molecule is O=C(NCc1cc(F)ccc1F)[C@@H]1CCCNC1. The lowest BCUT2D eigenvalue weighted by Crippen LogP contribution is -2.40. The van der Waals surface area contributed by atoms with Crippen LogP contribution in [0.3, 0.4) is 0 Å². The molecule has 2 N–H and O–H groups in total. The number of halogens is 2. The Kier molecular flexibility index (Phi) is 4.25. The minimum atomic E-state index is -0.501. The standard InChI is InChI=1S/C13H16F2N2O/c14-11-3-4-12(15)10(6-11)8-17-13(18)9-2-1-5-16-7-9/h3-4,6,9,16H,1-2,5,7-8H2,(H,17,18)/t9-/m1/s1. The van der Waals surface area contributed by atoms with Crippen molar-refractivity contribution in [2.75, 3.05) is 13.1 Å². The van der Waals surface area contributed by atoms with Crippen LogP contribution in [-0.4, -0.2) is 19.0 Å². The summed E-state index contributed by atoms with van der Waals surface area (Å²) in [5.74, 6) is -1.18. The first kappa shape index (κ1) is 13.0. The van der Waals surface area contributed by atoms with Crippen molar-refractivity contribution in [3.05, 3.63) is 35.4 Å². The van der Waals surface area contributed by atoms with Crippen LogP contribution in [0.25, 0.3) is 0 Å². The summed E-state index contributed by atoms with van der Waals surface area (Å²) >= 11 is 0. The summed E-state index contributed by atoms with van der Waals surface area (Å²) in [6.45, 7) is 1.61. The van der Waals surface area contributed by atoms with Gasteiger partial charge in [-0.1, -0.05) is 0 Å². The number of rotatable bonds is 3. The Bertz CT molecular complexity index is 431. The van der Waals surface area contributed by atoms with E-state index in [2.05, 4.69) is 10.6 Å². The minimum Gasteiger partial charge on any atom is -0.352 e. The van der Waals surface area contributed by atoms with E-state index in [-0.39, 0.29) is 23.9 Å². The average Bonchev–Trinajstić information content (AvgIpc) is 2.40. The van der Waals surface area contributed by atoms with Gasteiger partial charge >= 0.3 is 0 Å². The van der Waals surface area contributed by atoms with Crippen LogP contribution >= 0.6 is 0 Å². The van der Waals surface area contributed by atoms with Crippen LogP contribution in [0.4, 0.5) is 8.78 Å². The van der Waals surface area contributed by atoms with Gasteiger partial charge in [-0.2, -0.15) is 0 Å². The molecule has 0 aromatic heterocycles. The molecule has 0 aliphatic carbocycles. The second-order valence-corrected chi connectivity index (χ2v) is 4.50. The second kappa shape index (κ2) is 5.91. The Morgan fingerprint density at radius 3 is 3.00 bits per heavy atom. The first-order valence-corrected chi connectivity index (χ1v) is 6.09. The number of hydrogen-bond acceptors (Lipinski definition) is 2. The van der Waals surface area contributed by atoms with Gasteiger partial charge in [-0.15, -0.1) is 0 Å². The predicted octanol–water partition coefficient (Wildman–Crippen LogP) is 1.58. The normalized spacial score (nSPS) is 19.6. The van der Waals surface area contributed by atoms with Crippen molar-refractivity contribution >= 4 is 5.91 Å². The molecule has 18 heavy (non-hydrogen) atoms. The molecule has 1 aliphatic heterocycles. The van der Waals surface area contributed by atoms with Gasteiger partial charge in [0.25, 0.3) is 0 Å². The van der Waals surface area contributed by atoms with Crippen LogP contribution in [0.2, 0.25) is 0 Å². The highest BCUT2D eigenvalue weighted by Crippen LogP contribution is 2.12. The van der Waals surface area contributed by atoms with Crippen LogP contribution in [0.5, 0.6) is 0 Å². The molecule has 1 fully saturated rings. The van der Waals surface area contributed by atoms with Gasteiger partial charge in [0.2, 0.25) is 5.91 Å². The van der Waals surface area contributed by atoms with Crippen LogP contribution in [0, 0.1) is 17.6 Å². The Morgan fingerprint density at radius 1 is 1.44 bits per heavy atom. The third kappa shape index (κ3) is 3.26. The number of benzene rings is 1. The van der Waals surface area contributed by atoms with E-state index in [4.69, 9.17) is 0 Å². The quantitative estimate of drug-likeness (QED) is 0.860. The molecule has 1 atom stereocenters. The fourth-order valence-corrected chi connectivity index (χ4v) is 2.08. The molecule has 1 aromatic rings. The van der Waals surface area contributed by atoms with Gasteiger partial charge in [-0.25, -0.2) is 8.78 Å². The number of amides is 1. The molecule has 0 unspecified atom stereocenters. The van der Waals surface area contributed by atoms with E-state index in [1.54, 1.807) is 0 Å². The van der Waals surface area contributed by atoms with Crippen LogP contribution < -0.4 is 10.6 Å². The van der Waals surface area contributed by atoms with E-state index in [9.17, 15) is 13.6 Å². The largest absolute Gasteiger partial charge is 0.352 e. The van der Waals surface area contributed by atoms with Crippen molar-refractivity contribution in [2.45, 2.75) is 19.4 Å². The third-order valence-corrected chi connectivity index (χ3v) is 3.13. The van der Waals surface area contributed by atoms with Gasteiger partial charge in [-0.05, 0) is 37.6 Å². The summed E-state index contributed by atoms with van der Waals surface area (Å²) in [4.78, 5) is 11.8. The number of nitrogens with one attached hydrogen (secondary N) is 2. The molecule has 0 radical (unpaired) electrons. The number of hydrogen-bond donors (Lipinski definition) is 2. The van der Waals surface area contributed by atoms with E-state index in [1.165, 1.54) is 0 Å². The van der Waals surface area contributed by atoms with Gasteiger partial charge in [0, 0.05) is 18.7 Å². The highest BCUT2D eigenvalue weighted by Gasteiger charge is 2.20. The summed E-state index contributed by atoms with van der Waals surface area (Å²) in [6, 6.07) is 3.24. The monoisotopic (exact) mass is 254 g/mol. The zero-order chi connectivity index (χ0) is 13.0. The molecular formula is C13H16F2N2O. The van der Waals surface area contributed by atoms with E-state index >= 15 is 0 Å². The molecule has 0 spiro atoms. The lowest BCUT2D eigenvalue weighted by Gasteiger charge is -2.21. The molecule has 2 rings (SSSR count). The Morgan fingerprint density at radius 2 is 2.28 bits per heavy atom. The lowest BCUT2D eigenvalue weighted by atomic mass is 9.99. The number of piperidine rings is 1. The summed E-state index contributed by atoms with van der Waals surface area (Å²) in [5.41, 5.74) is 0.173. The molecule has 1 saturated heterocycles. The predicted molar refractivity (Wildman–Crippen MR) is 63.8 cm³/mol. The maximum atomic E-state index is 13.3. The molecule has 0 saturated carbocycles. The number of carbonyl (C=O) groups excluding carboxylic acids is 1. The summed E-state index contributed by atoms with van der Waals surface area (Å²) in [7, 11) is 0. The molecule has 98 valence electrons. The minimum absolute atomic E-state index is 0.0267. The second-order valence-electron chi connectivity index (χ2n) is 4.50. The Hall–Kier alpha value is -1.49. The van der Waals surface area contributed by atoms with Crippen molar-refractivity contribution in [2.24, 2.45) is 5.92 Å². The van der Waals surface area contributed by atoms with Gasteiger partial charge < -0.3 is 10.6 Å². The van der Waals surface area contributed by atoms with E-state index in [0.717, 1.165) is 37.6 Å². The summed E-state index contributed by atoms with van der Waals surface area (Å²) in [5, 5.41) is 5.79. The van der Waals surface area contributed by atoms with Crippen molar-refractivity contribution in [1.82, 2.24) is 10.6 Å². The van der Waals surface area contributed by atoms with E-state index < -0.39 is 11.6 Å². The highest BCUT2D eigenvalue weighted by molar-refractivity contribution is 5.78. The van der Waals surface area contributed by atoms with Crippen molar-refractivity contribution in [3.63, 3.8) is 0 Å². The first-order valence-electron chi connectivity index (χ1n) is 6.09. The first-order chi connectivity index (χ1) is 8.66. The Labute approximate surface area is 105 Å². The van der Waals surface area contributed by atoms with Gasteiger partial charge in [-0.3, -0.25) is 4.79 Å². The molecular weight excluding hydrogens is 238 g/mol. The Balaban J connectivity index is 1.90. The molecule has 1 heterocycles. The molecule has 1 aromatic carbocycles. The zero-order valence-corrected chi connectivity index (χ0v) is 10.0. The molecule has 3 nitrogen and oxygen atoms in total. The number of carbonyl (C=O) groups is 1. The smallest absolute Gasteiger partial charge is 0.224 e. The molecule has 0 bridgehead atoms. The van der Waals surface area contributed by atoms with Crippen molar-refractivity contribution in [1.29, 1.82) is 0 Å². The summed E-state index contributed by atoms with van der Waals surface area (Å²) in [6.07, 6.45) is 1.80. The third-order valence-electron chi connectivity index (χ3n) is 3.13. The summed E-state index contributed by atoms with van der Waals surface area (Å²) < 4.78 is 26.3. The molecule has 1 aliphatic rings. The molecule has 5 heteroatoms. The van der Waals surface area contributed by atoms with Crippen LogP contribution in [-0.2, 0) is 11.3 Å². The topological polar surface area (TPSA) is 41.1 Å². The fourth-order valence-electron chi connectivity index (χ4n) is 2.08. The van der Waals surface area contributed by atoms with Crippen LogP contribution in [0.15, 0.2) is 18.2 Å². The maximum Gasteiger partial charge on any atom is 0.224 e. The van der Waals surface area contributed by atoms with Gasteiger partial charge in [0.15, 0.2) is 0 Å². The van der Waals surface area contributed by atoms with Crippen molar-refractivity contribution < 1.29 is 13.6 Å². The van der Waals surface area contributed by atoms with Gasteiger partial charge in [0.05, 0.1) is 5.92 Å². The average molecular weight is 254 g/mol. The van der Waals surface area contributed by atoms with Gasteiger partial charge in [0.1, 0.15) is 11.6 Å². The van der Waals surface area contributed by atoms with E-state index in [0.29, 0.717) is 6.54 Å². The lowest BCUT2D eigenvalue weighted by molar-refractivity contribution is -0.125. The maximum absolute atomic E-state index is 13.3. The van der Waals surface area contributed by atoms with E-state index in [1.807, 2.05) is 0 Å². The fraction of sp³-hybridized carbons (Fsp3) is 0.462. The highest BCUT2D eigenvalue weighted by atomic mass is 19.1.